The predicted octanol–water partition coefficient (Wildman–Crippen LogP) is 4.07. The summed E-state index contributed by atoms with van der Waals surface area (Å²) in [4.78, 5) is 13.4. The number of phenolic OH excluding ortho intramolecular Hbond substituents is 5. The lowest BCUT2D eigenvalue weighted by Gasteiger charge is -2.33. The van der Waals surface area contributed by atoms with Crippen LogP contribution in [0.5, 0.6) is 34.5 Å². The van der Waals surface area contributed by atoms with Crippen molar-refractivity contribution in [3.8, 4) is 34.5 Å². The number of ether oxygens (including phenoxy) is 1. The van der Waals surface area contributed by atoms with Gasteiger partial charge in [-0.25, -0.2) is 0 Å². The van der Waals surface area contributed by atoms with Gasteiger partial charge in [0.2, 0.25) is 5.78 Å². The van der Waals surface area contributed by atoms with Gasteiger partial charge in [-0.05, 0) is 53.1 Å². The molecule has 5 rings (SSSR count). The second-order valence-corrected chi connectivity index (χ2v) is 8.98. The van der Waals surface area contributed by atoms with Crippen LogP contribution in [0.25, 0.3) is 0 Å². The SMILES string of the molecule is O=C1c2c(O)c(Cc3ccc(O)cc3)c(O)c(Cc3ccc(O)cc3)c2OC(c2ccc(O)cc2)C1O. The molecule has 0 fully saturated rings. The van der Waals surface area contributed by atoms with Crippen molar-refractivity contribution in [2.24, 2.45) is 0 Å². The van der Waals surface area contributed by atoms with Crippen LogP contribution >= 0.6 is 0 Å². The molecule has 4 aromatic rings. The minimum atomic E-state index is -1.64. The van der Waals surface area contributed by atoms with E-state index < -0.39 is 23.7 Å². The van der Waals surface area contributed by atoms with Gasteiger partial charge in [0.05, 0.1) is 0 Å². The minimum Gasteiger partial charge on any atom is -0.508 e. The number of fused-ring (bicyclic) bond motifs is 1. The Bertz CT molecular complexity index is 1460. The van der Waals surface area contributed by atoms with Gasteiger partial charge in [0, 0.05) is 24.0 Å². The molecule has 1 aliphatic heterocycles. The smallest absolute Gasteiger partial charge is 0.202 e. The molecule has 0 saturated carbocycles. The zero-order valence-electron chi connectivity index (χ0n) is 19.5. The van der Waals surface area contributed by atoms with Gasteiger partial charge in [0.25, 0.3) is 0 Å². The molecule has 8 nitrogen and oxygen atoms in total. The van der Waals surface area contributed by atoms with Crippen LogP contribution in [0.1, 0.15) is 44.3 Å². The van der Waals surface area contributed by atoms with Crippen molar-refractivity contribution < 1.29 is 40.2 Å². The van der Waals surface area contributed by atoms with Gasteiger partial charge in [0.1, 0.15) is 40.1 Å². The fourth-order valence-corrected chi connectivity index (χ4v) is 4.53. The fourth-order valence-electron chi connectivity index (χ4n) is 4.53. The summed E-state index contributed by atoms with van der Waals surface area (Å²) in [5.74, 6) is -1.46. The molecule has 2 unspecified atom stereocenters. The van der Waals surface area contributed by atoms with E-state index in [-0.39, 0.29) is 58.3 Å². The Kier molecular flexibility index (Phi) is 6.11. The molecule has 8 heteroatoms. The van der Waals surface area contributed by atoms with E-state index in [1.807, 2.05) is 0 Å². The Labute approximate surface area is 211 Å². The summed E-state index contributed by atoms with van der Waals surface area (Å²) in [6.07, 6.45) is -2.64. The van der Waals surface area contributed by atoms with Crippen LogP contribution in [0.15, 0.2) is 72.8 Å². The topological polar surface area (TPSA) is 148 Å². The average Bonchev–Trinajstić information content (AvgIpc) is 2.89. The lowest BCUT2D eigenvalue weighted by Crippen LogP contribution is -2.37. The maximum Gasteiger partial charge on any atom is 0.202 e. The Morgan fingerprint density at radius 3 is 1.59 bits per heavy atom. The Morgan fingerprint density at radius 1 is 0.622 bits per heavy atom. The maximum atomic E-state index is 13.4. The summed E-state index contributed by atoms with van der Waals surface area (Å²) < 4.78 is 6.10. The first-order valence-electron chi connectivity index (χ1n) is 11.6. The van der Waals surface area contributed by atoms with Crippen LogP contribution in [0.3, 0.4) is 0 Å². The molecule has 6 N–H and O–H groups in total. The van der Waals surface area contributed by atoms with Crippen LogP contribution in [0.4, 0.5) is 0 Å². The predicted molar refractivity (Wildman–Crippen MR) is 133 cm³/mol. The average molecular weight is 501 g/mol. The molecule has 1 aliphatic rings. The number of phenols is 5. The van der Waals surface area contributed by atoms with E-state index in [0.29, 0.717) is 16.7 Å². The largest absolute Gasteiger partial charge is 0.508 e. The number of ketones is 1. The molecule has 4 aromatic carbocycles. The van der Waals surface area contributed by atoms with E-state index in [4.69, 9.17) is 4.74 Å². The number of hydrogen-bond donors (Lipinski definition) is 6. The van der Waals surface area contributed by atoms with Crippen molar-refractivity contribution in [2.45, 2.75) is 25.0 Å². The second kappa shape index (κ2) is 9.40. The number of aliphatic hydroxyl groups is 1. The van der Waals surface area contributed by atoms with Gasteiger partial charge >= 0.3 is 0 Å². The summed E-state index contributed by atoms with van der Waals surface area (Å²) in [7, 11) is 0. The van der Waals surface area contributed by atoms with Gasteiger partial charge in [-0.2, -0.15) is 0 Å². The van der Waals surface area contributed by atoms with Crippen LogP contribution in [-0.2, 0) is 12.8 Å². The van der Waals surface area contributed by atoms with Gasteiger partial charge in [-0.1, -0.05) is 36.4 Å². The number of benzene rings is 4. The van der Waals surface area contributed by atoms with Crippen LogP contribution < -0.4 is 4.74 Å². The third-order valence-electron chi connectivity index (χ3n) is 6.50. The molecule has 0 radical (unpaired) electrons. The molecule has 0 spiro atoms. The highest BCUT2D eigenvalue weighted by Gasteiger charge is 2.42. The fraction of sp³-hybridized carbons (Fsp3) is 0.138. The van der Waals surface area contributed by atoms with Gasteiger partial charge in [-0.3, -0.25) is 4.79 Å². The van der Waals surface area contributed by atoms with E-state index >= 15 is 0 Å². The summed E-state index contributed by atoms with van der Waals surface area (Å²) in [6.45, 7) is 0. The Balaban J connectivity index is 1.67. The number of carbonyl (C=O) groups excluding carboxylic acids is 1. The molecule has 0 bridgehead atoms. The number of hydrogen-bond acceptors (Lipinski definition) is 8. The zero-order chi connectivity index (χ0) is 26.3. The highest BCUT2D eigenvalue weighted by molar-refractivity contribution is 6.06. The third kappa shape index (κ3) is 4.50. The van der Waals surface area contributed by atoms with E-state index in [1.165, 1.54) is 48.5 Å². The monoisotopic (exact) mass is 500 g/mol. The van der Waals surface area contributed by atoms with E-state index in [9.17, 15) is 35.4 Å². The summed E-state index contributed by atoms with van der Waals surface area (Å²) in [5, 5.41) is 62.3. The summed E-state index contributed by atoms with van der Waals surface area (Å²) >= 11 is 0. The number of aromatic hydroxyl groups is 5. The minimum absolute atomic E-state index is 0.00274. The van der Waals surface area contributed by atoms with Crippen molar-refractivity contribution >= 4 is 5.78 Å². The summed E-state index contributed by atoms with van der Waals surface area (Å²) in [5.41, 5.74) is 1.85. The normalized spacial score (nSPS) is 16.7. The van der Waals surface area contributed by atoms with Crippen molar-refractivity contribution in [3.05, 3.63) is 106 Å². The lowest BCUT2D eigenvalue weighted by molar-refractivity contribution is 0.0206. The standard InChI is InChI=1S/C29H24O8/c30-18-7-1-15(2-8-18)13-21-24(33)22(14-16-3-9-19(31)10-4-16)29-23(25(21)34)26(35)27(36)28(37-29)17-5-11-20(32)12-6-17/h1-12,27-28,30-34,36H,13-14H2. The van der Waals surface area contributed by atoms with Crippen LogP contribution in [0.2, 0.25) is 0 Å². The van der Waals surface area contributed by atoms with Crippen molar-refractivity contribution in [2.75, 3.05) is 0 Å². The third-order valence-corrected chi connectivity index (χ3v) is 6.50. The first-order valence-corrected chi connectivity index (χ1v) is 11.6. The van der Waals surface area contributed by atoms with Crippen molar-refractivity contribution in [3.63, 3.8) is 0 Å². The van der Waals surface area contributed by atoms with Gasteiger partial charge in [0.15, 0.2) is 12.2 Å². The molecule has 1 heterocycles. The number of Topliss-reactive ketones (excluding diaryl/α,β-unsaturated/α-hetero) is 1. The first-order chi connectivity index (χ1) is 17.7. The second-order valence-electron chi connectivity index (χ2n) is 8.98. The van der Waals surface area contributed by atoms with Crippen LogP contribution in [0, 0.1) is 0 Å². The molecular weight excluding hydrogens is 476 g/mol. The number of carbonyl (C=O) groups is 1. The molecule has 188 valence electrons. The highest BCUT2D eigenvalue weighted by Crippen LogP contribution is 2.49. The first kappa shape index (κ1) is 24.0. The Morgan fingerprint density at radius 2 is 1.08 bits per heavy atom. The zero-order valence-corrected chi connectivity index (χ0v) is 19.5. The molecule has 0 aromatic heterocycles. The van der Waals surface area contributed by atoms with Gasteiger partial charge in [-0.15, -0.1) is 0 Å². The number of rotatable bonds is 5. The van der Waals surface area contributed by atoms with Crippen LogP contribution in [-0.4, -0.2) is 42.5 Å². The lowest BCUT2D eigenvalue weighted by atomic mass is 9.86. The maximum absolute atomic E-state index is 13.4. The van der Waals surface area contributed by atoms with Gasteiger partial charge < -0.3 is 35.4 Å². The van der Waals surface area contributed by atoms with Crippen molar-refractivity contribution in [1.29, 1.82) is 0 Å². The molecule has 0 saturated heterocycles. The molecule has 2 atom stereocenters. The molecule has 0 aliphatic carbocycles. The Hall–Kier alpha value is -4.69. The van der Waals surface area contributed by atoms with E-state index in [2.05, 4.69) is 0 Å². The summed E-state index contributed by atoms with van der Waals surface area (Å²) in [6, 6.07) is 18.3. The quantitative estimate of drug-likeness (QED) is 0.240. The molecule has 0 amide bonds. The molecule has 37 heavy (non-hydrogen) atoms. The highest BCUT2D eigenvalue weighted by atomic mass is 16.5. The van der Waals surface area contributed by atoms with E-state index in [0.717, 1.165) is 0 Å². The van der Waals surface area contributed by atoms with Crippen molar-refractivity contribution in [1.82, 2.24) is 0 Å². The van der Waals surface area contributed by atoms with E-state index in [1.54, 1.807) is 24.3 Å². The molecular formula is C29H24O8. The number of aliphatic hydroxyl groups excluding tert-OH is 1.